The second-order valence-electron chi connectivity index (χ2n) is 5.11. The van der Waals surface area contributed by atoms with Gasteiger partial charge in [-0.3, -0.25) is 10.1 Å². The van der Waals surface area contributed by atoms with E-state index in [1.807, 2.05) is 0 Å². The van der Waals surface area contributed by atoms with Gasteiger partial charge in [-0.05, 0) is 25.5 Å². The highest BCUT2D eigenvalue weighted by Crippen LogP contribution is 2.34. The van der Waals surface area contributed by atoms with Crippen LogP contribution in [0.1, 0.15) is 18.9 Å². The molecule has 1 aromatic rings. The summed E-state index contributed by atoms with van der Waals surface area (Å²) in [5.74, 6) is -0.187. The highest BCUT2D eigenvalue weighted by atomic mass is 16.6. The summed E-state index contributed by atoms with van der Waals surface area (Å²) in [5, 5.41) is 32.6. The van der Waals surface area contributed by atoms with Crippen LogP contribution in [0.5, 0.6) is 0 Å². The van der Waals surface area contributed by atoms with Crippen LogP contribution in [0.3, 0.4) is 0 Å². The first-order chi connectivity index (χ1) is 9.34. The van der Waals surface area contributed by atoms with E-state index in [1.165, 1.54) is 6.07 Å². The van der Waals surface area contributed by atoms with Crippen molar-refractivity contribution in [2.45, 2.75) is 18.9 Å². The summed E-state index contributed by atoms with van der Waals surface area (Å²) in [6.07, 6.45) is 0.548. The van der Waals surface area contributed by atoms with Crippen molar-refractivity contribution < 1.29 is 15.2 Å². The van der Waals surface area contributed by atoms with Crippen LogP contribution >= 0.6 is 0 Å². The summed E-state index contributed by atoms with van der Waals surface area (Å²) in [5.41, 5.74) is 5.14. The number of nitrogens with two attached hydrogens (primary N) is 1. The van der Waals surface area contributed by atoms with Crippen LogP contribution in [0.15, 0.2) is 23.4 Å². The van der Waals surface area contributed by atoms with Gasteiger partial charge in [0.05, 0.1) is 10.5 Å². The number of nitro benzene ring substituents is 1. The molecule has 0 bridgehead atoms. The summed E-state index contributed by atoms with van der Waals surface area (Å²) in [6, 6.07) is 4.36. The molecule has 1 unspecified atom stereocenters. The summed E-state index contributed by atoms with van der Waals surface area (Å²) >= 11 is 0. The van der Waals surface area contributed by atoms with Crippen molar-refractivity contribution in [3.8, 4) is 0 Å². The fourth-order valence-corrected chi connectivity index (χ4v) is 2.30. The van der Waals surface area contributed by atoms with E-state index in [9.17, 15) is 15.2 Å². The summed E-state index contributed by atoms with van der Waals surface area (Å²) in [4.78, 5) is 12.4. The minimum absolute atomic E-state index is 0.133. The lowest BCUT2D eigenvalue weighted by atomic mass is 10.1. The van der Waals surface area contributed by atoms with Gasteiger partial charge in [-0.25, -0.2) is 0 Å². The number of nitro groups is 1. The van der Waals surface area contributed by atoms with Gasteiger partial charge in [0.1, 0.15) is 5.69 Å². The number of benzene rings is 1. The molecule has 108 valence electrons. The molecule has 8 heteroatoms. The van der Waals surface area contributed by atoms with Gasteiger partial charge in [-0.2, -0.15) is 0 Å². The van der Waals surface area contributed by atoms with Crippen LogP contribution < -0.4 is 10.6 Å². The third kappa shape index (κ3) is 2.64. The molecule has 1 aliphatic rings. The number of oxime groups is 1. The molecule has 1 aliphatic heterocycles. The van der Waals surface area contributed by atoms with Gasteiger partial charge in [-0.15, -0.1) is 0 Å². The van der Waals surface area contributed by atoms with Crippen LogP contribution in [0.25, 0.3) is 0 Å². The highest BCUT2D eigenvalue weighted by molar-refractivity contribution is 5.98. The maximum atomic E-state index is 11.2. The van der Waals surface area contributed by atoms with Crippen LogP contribution in [0, 0.1) is 10.1 Å². The minimum atomic E-state index is -0.849. The van der Waals surface area contributed by atoms with Crippen molar-refractivity contribution in [2.75, 3.05) is 18.0 Å². The normalized spacial score (nSPS) is 23.1. The van der Waals surface area contributed by atoms with Crippen molar-refractivity contribution in [3.05, 3.63) is 33.9 Å². The molecule has 1 saturated heterocycles. The lowest BCUT2D eigenvalue weighted by Crippen LogP contribution is -2.30. The van der Waals surface area contributed by atoms with E-state index in [2.05, 4.69) is 5.16 Å². The zero-order valence-electron chi connectivity index (χ0n) is 11.0. The summed E-state index contributed by atoms with van der Waals surface area (Å²) in [7, 11) is 0. The SMILES string of the molecule is CC1(O)CCN(c2ccc(/C(N)=N/O)cc2[N+](=O)[O-])C1. The first kappa shape index (κ1) is 14.1. The minimum Gasteiger partial charge on any atom is -0.409 e. The Balaban J connectivity index is 2.41. The monoisotopic (exact) mass is 280 g/mol. The molecule has 0 spiro atoms. The Labute approximate surface area is 115 Å². The average Bonchev–Trinajstić information content (AvgIpc) is 2.77. The Kier molecular flexibility index (Phi) is 3.49. The topological polar surface area (TPSA) is 125 Å². The Morgan fingerprint density at radius 2 is 2.30 bits per heavy atom. The standard InChI is InChI=1S/C12H16N4O4/c1-12(17)4-5-15(7-12)9-3-2-8(11(13)14-18)6-10(9)16(19)20/h2-3,6,17-18H,4-5,7H2,1H3,(H2,13,14). The van der Waals surface area contributed by atoms with Crippen molar-refractivity contribution >= 4 is 17.2 Å². The molecule has 20 heavy (non-hydrogen) atoms. The first-order valence-electron chi connectivity index (χ1n) is 6.08. The maximum absolute atomic E-state index is 11.2. The Morgan fingerprint density at radius 1 is 1.60 bits per heavy atom. The number of aliphatic hydroxyl groups is 1. The van der Waals surface area contributed by atoms with Crippen molar-refractivity contribution in [1.82, 2.24) is 0 Å². The van der Waals surface area contributed by atoms with E-state index in [4.69, 9.17) is 10.9 Å². The third-order valence-electron chi connectivity index (χ3n) is 3.37. The van der Waals surface area contributed by atoms with Crippen molar-refractivity contribution in [1.29, 1.82) is 0 Å². The molecule has 8 nitrogen and oxygen atoms in total. The van der Waals surface area contributed by atoms with Crippen LogP contribution in [0.4, 0.5) is 11.4 Å². The predicted molar refractivity (Wildman–Crippen MR) is 73.1 cm³/mol. The van der Waals surface area contributed by atoms with Crippen LogP contribution in [-0.2, 0) is 0 Å². The van der Waals surface area contributed by atoms with Gasteiger partial charge in [-0.1, -0.05) is 5.16 Å². The number of hydrogen-bond acceptors (Lipinski definition) is 6. The molecule has 0 amide bonds. The lowest BCUT2D eigenvalue weighted by Gasteiger charge is -2.20. The highest BCUT2D eigenvalue weighted by Gasteiger charge is 2.34. The van der Waals surface area contributed by atoms with Crippen LogP contribution in [-0.4, -0.2) is 39.8 Å². The Hall–Kier alpha value is -2.35. The molecule has 2 rings (SSSR count). The van der Waals surface area contributed by atoms with E-state index < -0.39 is 10.5 Å². The zero-order valence-corrected chi connectivity index (χ0v) is 11.0. The largest absolute Gasteiger partial charge is 0.409 e. The molecular weight excluding hydrogens is 264 g/mol. The molecule has 1 fully saturated rings. The van der Waals surface area contributed by atoms with Gasteiger partial charge in [0.2, 0.25) is 0 Å². The van der Waals surface area contributed by atoms with Gasteiger partial charge < -0.3 is 20.9 Å². The van der Waals surface area contributed by atoms with Gasteiger partial charge in [0.15, 0.2) is 5.84 Å². The second kappa shape index (κ2) is 4.97. The van der Waals surface area contributed by atoms with Gasteiger partial charge >= 0.3 is 0 Å². The lowest BCUT2D eigenvalue weighted by molar-refractivity contribution is -0.384. The smallest absolute Gasteiger partial charge is 0.293 e. The molecule has 1 heterocycles. The molecule has 0 saturated carbocycles. The van der Waals surface area contributed by atoms with E-state index in [0.29, 0.717) is 25.2 Å². The van der Waals surface area contributed by atoms with Gasteiger partial charge in [0, 0.05) is 24.7 Å². The van der Waals surface area contributed by atoms with E-state index in [-0.39, 0.29) is 17.1 Å². The Bertz CT molecular complexity index is 571. The summed E-state index contributed by atoms with van der Waals surface area (Å²) in [6.45, 7) is 2.57. The Morgan fingerprint density at radius 3 is 2.80 bits per heavy atom. The average molecular weight is 280 g/mol. The van der Waals surface area contributed by atoms with E-state index in [1.54, 1.807) is 24.0 Å². The molecule has 1 aromatic carbocycles. The molecule has 0 radical (unpaired) electrons. The number of β-amino-alcohol motifs (C(OH)–C–C–N with tert-alkyl or cyclic N) is 1. The van der Waals surface area contributed by atoms with E-state index >= 15 is 0 Å². The van der Waals surface area contributed by atoms with Crippen molar-refractivity contribution in [2.24, 2.45) is 10.9 Å². The molecule has 0 aromatic heterocycles. The zero-order chi connectivity index (χ0) is 14.9. The number of hydrogen-bond donors (Lipinski definition) is 3. The second-order valence-corrected chi connectivity index (χ2v) is 5.11. The number of amidine groups is 1. The number of nitrogens with zero attached hydrogens (tertiary/aromatic N) is 3. The maximum Gasteiger partial charge on any atom is 0.293 e. The molecule has 1 atom stereocenters. The predicted octanol–water partition coefficient (Wildman–Crippen LogP) is 0.650. The first-order valence-corrected chi connectivity index (χ1v) is 6.08. The number of anilines is 1. The quantitative estimate of drug-likeness (QED) is 0.245. The fourth-order valence-electron chi connectivity index (χ4n) is 2.30. The van der Waals surface area contributed by atoms with Gasteiger partial charge in [0.25, 0.3) is 5.69 Å². The molecule has 4 N–H and O–H groups in total. The number of rotatable bonds is 3. The molecule has 0 aliphatic carbocycles. The molecular formula is C12H16N4O4. The fraction of sp³-hybridized carbons (Fsp3) is 0.417. The summed E-state index contributed by atoms with van der Waals surface area (Å²) < 4.78 is 0. The van der Waals surface area contributed by atoms with Crippen LogP contribution in [0.2, 0.25) is 0 Å². The third-order valence-corrected chi connectivity index (χ3v) is 3.37. The van der Waals surface area contributed by atoms with E-state index in [0.717, 1.165) is 0 Å². The van der Waals surface area contributed by atoms with Crippen molar-refractivity contribution in [3.63, 3.8) is 0 Å².